The number of carbonyl (C=O) groups is 2. The quantitative estimate of drug-likeness (QED) is 0.778. The zero-order chi connectivity index (χ0) is 19.8. The van der Waals surface area contributed by atoms with E-state index in [1.807, 2.05) is 6.07 Å². The number of allylic oxidation sites excluding steroid dienone is 1. The van der Waals surface area contributed by atoms with E-state index in [1.165, 1.54) is 0 Å². The Hall–Kier alpha value is -2.70. The molecule has 4 atom stereocenters. The molecule has 0 aromatic heterocycles. The van der Waals surface area contributed by atoms with Crippen LogP contribution in [0, 0.1) is 11.8 Å². The third-order valence-corrected chi connectivity index (χ3v) is 6.04. The van der Waals surface area contributed by atoms with E-state index in [0.29, 0.717) is 34.6 Å². The fourth-order valence-corrected chi connectivity index (χ4v) is 4.13. The first-order valence-corrected chi connectivity index (χ1v) is 9.81. The molecule has 2 aliphatic heterocycles. The molecule has 7 heteroatoms. The summed E-state index contributed by atoms with van der Waals surface area (Å²) in [4.78, 5) is 25.1. The highest BCUT2D eigenvalue weighted by molar-refractivity contribution is 5.95. The number of urea groups is 1. The lowest BCUT2D eigenvalue weighted by atomic mass is 9.80. The Morgan fingerprint density at radius 1 is 1.14 bits per heavy atom. The van der Waals surface area contributed by atoms with Crippen molar-refractivity contribution >= 4 is 12.0 Å². The lowest BCUT2D eigenvalue weighted by Crippen LogP contribution is -2.45. The van der Waals surface area contributed by atoms with Gasteiger partial charge in [-0.3, -0.25) is 0 Å². The van der Waals surface area contributed by atoms with Crippen molar-refractivity contribution in [2.45, 2.75) is 52.2 Å². The molecule has 150 valence electrons. The second-order valence-corrected chi connectivity index (χ2v) is 7.98. The zero-order valence-corrected chi connectivity index (χ0v) is 16.4. The third kappa shape index (κ3) is 3.53. The number of hydrogen-bond donors (Lipinski definition) is 2. The van der Waals surface area contributed by atoms with Gasteiger partial charge in [0.1, 0.15) is 6.10 Å². The lowest BCUT2D eigenvalue weighted by Gasteiger charge is -2.33. The highest BCUT2D eigenvalue weighted by Crippen LogP contribution is 2.38. The lowest BCUT2D eigenvalue weighted by molar-refractivity contribution is -0.147. The molecule has 0 spiro atoms. The molecule has 7 nitrogen and oxygen atoms in total. The molecule has 1 fully saturated rings. The number of amides is 2. The van der Waals surface area contributed by atoms with Gasteiger partial charge in [-0.2, -0.15) is 0 Å². The average molecular weight is 386 g/mol. The Labute approximate surface area is 164 Å². The topological polar surface area (TPSA) is 85.9 Å². The van der Waals surface area contributed by atoms with Crippen LogP contribution in [0.25, 0.3) is 0 Å². The molecule has 1 saturated carbocycles. The number of nitrogens with one attached hydrogen (secondary N) is 2. The monoisotopic (exact) mass is 386 g/mol. The van der Waals surface area contributed by atoms with E-state index < -0.39 is 6.04 Å². The SMILES string of the molecule is CC1=C(C(=O)O[C@H]2CC[C@@H](C)[C@@H](C)C2)[C@@H](c2ccc3c(c2)OCO3)NC(=O)N1. The van der Waals surface area contributed by atoms with E-state index in [4.69, 9.17) is 14.2 Å². The molecule has 0 unspecified atom stereocenters. The Balaban J connectivity index is 1.58. The molecule has 2 amide bonds. The number of carbonyl (C=O) groups excluding carboxylic acids is 2. The first-order chi connectivity index (χ1) is 13.4. The van der Waals surface area contributed by atoms with Crippen LogP contribution in [0.5, 0.6) is 11.5 Å². The van der Waals surface area contributed by atoms with Crippen LogP contribution in [0.4, 0.5) is 4.79 Å². The minimum atomic E-state index is -0.601. The van der Waals surface area contributed by atoms with Gasteiger partial charge in [0.25, 0.3) is 0 Å². The van der Waals surface area contributed by atoms with Gasteiger partial charge < -0.3 is 24.8 Å². The second kappa shape index (κ2) is 7.37. The van der Waals surface area contributed by atoms with E-state index >= 15 is 0 Å². The average Bonchev–Trinajstić information content (AvgIpc) is 3.11. The van der Waals surface area contributed by atoms with Crippen LogP contribution < -0.4 is 20.1 Å². The maximum Gasteiger partial charge on any atom is 0.338 e. The first-order valence-electron chi connectivity index (χ1n) is 9.81. The predicted molar refractivity (Wildman–Crippen MR) is 102 cm³/mol. The molecule has 1 aromatic carbocycles. The predicted octanol–water partition coefficient (Wildman–Crippen LogP) is 3.41. The standard InChI is InChI=1S/C21H26N2O5/c1-11-4-6-15(8-12(11)2)28-20(24)18-13(3)22-21(25)23-19(18)14-5-7-16-17(9-14)27-10-26-16/h5,7,9,11-12,15,19H,4,6,8,10H2,1-3H3,(H2,22,23,25)/t11-,12+,15+,19-/m1/s1. The van der Waals surface area contributed by atoms with E-state index in [9.17, 15) is 9.59 Å². The molecule has 2 N–H and O–H groups in total. The summed E-state index contributed by atoms with van der Waals surface area (Å²) in [5, 5.41) is 5.52. The molecule has 1 aromatic rings. The van der Waals surface area contributed by atoms with Crippen molar-refractivity contribution in [2.75, 3.05) is 6.79 Å². The van der Waals surface area contributed by atoms with Crippen molar-refractivity contribution in [1.29, 1.82) is 0 Å². The van der Waals surface area contributed by atoms with Crippen LogP contribution in [0.3, 0.4) is 0 Å². The van der Waals surface area contributed by atoms with Crippen molar-refractivity contribution < 1.29 is 23.8 Å². The zero-order valence-electron chi connectivity index (χ0n) is 16.4. The maximum atomic E-state index is 13.1. The van der Waals surface area contributed by atoms with Gasteiger partial charge >= 0.3 is 12.0 Å². The van der Waals surface area contributed by atoms with Crippen LogP contribution in [-0.4, -0.2) is 24.9 Å². The van der Waals surface area contributed by atoms with Gasteiger partial charge in [0.2, 0.25) is 6.79 Å². The van der Waals surface area contributed by atoms with Gasteiger partial charge in [-0.1, -0.05) is 19.9 Å². The summed E-state index contributed by atoms with van der Waals surface area (Å²) in [6, 6.07) is 4.46. The number of esters is 1. The van der Waals surface area contributed by atoms with E-state index in [0.717, 1.165) is 24.8 Å². The van der Waals surface area contributed by atoms with Gasteiger partial charge in [0, 0.05) is 5.70 Å². The number of hydrogen-bond acceptors (Lipinski definition) is 5. The fourth-order valence-electron chi connectivity index (χ4n) is 4.13. The number of ether oxygens (including phenoxy) is 3. The Kier molecular flexibility index (Phi) is 4.91. The van der Waals surface area contributed by atoms with Gasteiger partial charge in [0.15, 0.2) is 11.5 Å². The highest BCUT2D eigenvalue weighted by Gasteiger charge is 2.35. The van der Waals surface area contributed by atoms with Gasteiger partial charge in [0.05, 0.1) is 11.6 Å². The fraction of sp³-hybridized carbons (Fsp3) is 0.524. The number of fused-ring (bicyclic) bond motifs is 1. The molecule has 1 aliphatic carbocycles. The molecule has 0 radical (unpaired) electrons. The van der Waals surface area contributed by atoms with Gasteiger partial charge in [-0.25, -0.2) is 9.59 Å². The maximum absolute atomic E-state index is 13.1. The summed E-state index contributed by atoms with van der Waals surface area (Å²) in [6.45, 7) is 6.33. The molecule has 0 saturated heterocycles. The van der Waals surface area contributed by atoms with Gasteiger partial charge in [-0.05, 0) is 55.7 Å². The van der Waals surface area contributed by atoms with Crippen molar-refractivity contribution in [3.8, 4) is 11.5 Å². The molecule has 28 heavy (non-hydrogen) atoms. The van der Waals surface area contributed by atoms with Crippen LogP contribution in [-0.2, 0) is 9.53 Å². The van der Waals surface area contributed by atoms with Crippen LogP contribution >= 0.6 is 0 Å². The molecular weight excluding hydrogens is 360 g/mol. The second-order valence-electron chi connectivity index (χ2n) is 7.98. The summed E-state index contributed by atoms with van der Waals surface area (Å²) in [5.74, 6) is 2.03. The van der Waals surface area contributed by atoms with E-state index in [2.05, 4.69) is 24.5 Å². The largest absolute Gasteiger partial charge is 0.459 e. The third-order valence-electron chi connectivity index (χ3n) is 6.04. The summed E-state index contributed by atoms with van der Waals surface area (Å²) < 4.78 is 16.6. The summed E-state index contributed by atoms with van der Waals surface area (Å²) in [5.41, 5.74) is 1.68. The summed E-state index contributed by atoms with van der Waals surface area (Å²) in [6.07, 6.45) is 2.71. The Morgan fingerprint density at radius 2 is 1.93 bits per heavy atom. The normalized spacial score (nSPS) is 29.2. The minimum Gasteiger partial charge on any atom is -0.459 e. The highest BCUT2D eigenvalue weighted by atomic mass is 16.7. The molecule has 0 bridgehead atoms. The molecule has 4 rings (SSSR count). The molecular formula is C21H26N2O5. The van der Waals surface area contributed by atoms with Crippen LogP contribution in [0.15, 0.2) is 29.5 Å². The minimum absolute atomic E-state index is 0.0889. The smallest absolute Gasteiger partial charge is 0.338 e. The van der Waals surface area contributed by atoms with Crippen molar-refractivity contribution in [1.82, 2.24) is 10.6 Å². The van der Waals surface area contributed by atoms with E-state index in [-0.39, 0.29) is 24.9 Å². The van der Waals surface area contributed by atoms with Crippen LogP contribution in [0.1, 0.15) is 51.6 Å². The number of rotatable bonds is 3. The van der Waals surface area contributed by atoms with Crippen molar-refractivity contribution in [3.63, 3.8) is 0 Å². The Morgan fingerprint density at radius 3 is 2.71 bits per heavy atom. The summed E-state index contributed by atoms with van der Waals surface area (Å²) >= 11 is 0. The molecule has 3 aliphatic rings. The van der Waals surface area contributed by atoms with Gasteiger partial charge in [-0.15, -0.1) is 0 Å². The molecule has 2 heterocycles. The Bertz CT molecular complexity index is 834. The number of benzene rings is 1. The summed E-state index contributed by atoms with van der Waals surface area (Å²) in [7, 11) is 0. The van der Waals surface area contributed by atoms with Crippen molar-refractivity contribution in [3.05, 3.63) is 35.0 Å². The first kappa shape index (κ1) is 18.7. The van der Waals surface area contributed by atoms with Crippen LogP contribution in [0.2, 0.25) is 0 Å². The van der Waals surface area contributed by atoms with Crippen molar-refractivity contribution in [2.24, 2.45) is 11.8 Å². The van der Waals surface area contributed by atoms with E-state index in [1.54, 1.807) is 19.1 Å².